The second-order valence-corrected chi connectivity index (χ2v) is 8.23. The number of benzene rings is 2. The Bertz CT molecular complexity index is 1090. The number of nitriles is 1. The quantitative estimate of drug-likeness (QED) is 0.765. The van der Waals surface area contributed by atoms with E-state index in [9.17, 15) is 15.2 Å². The van der Waals surface area contributed by atoms with Gasteiger partial charge in [-0.15, -0.1) is 11.8 Å². The molecule has 0 aliphatic carbocycles. The highest BCUT2D eigenvalue weighted by molar-refractivity contribution is 8.03. The van der Waals surface area contributed by atoms with Crippen LogP contribution in [0.2, 0.25) is 0 Å². The van der Waals surface area contributed by atoms with Crippen LogP contribution in [0.3, 0.4) is 0 Å². The van der Waals surface area contributed by atoms with Crippen LogP contribution < -0.4 is 14.2 Å². The number of carbonyl (C=O) groups excluding carboxylic acids is 1. The molecule has 2 aliphatic rings. The summed E-state index contributed by atoms with van der Waals surface area (Å²) in [4.78, 5) is 14.6. The Morgan fingerprint density at radius 1 is 1.10 bits per heavy atom. The third-order valence-corrected chi connectivity index (χ3v) is 6.90. The van der Waals surface area contributed by atoms with E-state index < -0.39 is 5.72 Å². The Hall–Kier alpha value is -3.15. The third-order valence-electron chi connectivity index (χ3n) is 5.67. The summed E-state index contributed by atoms with van der Waals surface area (Å²) in [6, 6.07) is 14.7. The van der Waals surface area contributed by atoms with Crippen LogP contribution in [0.25, 0.3) is 0 Å². The average molecular weight is 439 g/mol. The van der Waals surface area contributed by atoms with Crippen molar-refractivity contribution in [1.82, 2.24) is 4.90 Å². The Kier molecular flexibility index (Phi) is 5.56. The number of ether oxygens (including phenoxy) is 3. The first-order valence-corrected chi connectivity index (χ1v) is 10.6. The van der Waals surface area contributed by atoms with Gasteiger partial charge in [-0.3, -0.25) is 9.69 Å². The fourth-order valence-corrected chi connectivity index (χ4v) is 5.40. The molecule has 1 amide bonds. The number of hydrogen-bond acceptors (Lipinski definition) is 7. The molecule has 2 aromatic carbocycles. The summed E-state index contributed by atoms with van der Waals surface area (Å²) in [5.41, 5.74) is 0.260. The van der Waals surface area contributed by atoms with Crippen molar-refractivity contribution in [3.8, 4) is 23.3 Å². The van der Waals surface area contributed by atoms with Crippen molar-refractivity contribution in [2.45, 2.75) is 18.1 Å². The predicted octanol–water partition coefficient (Wildman–Crippen LogP) is 3.36. The maximum absolute atomic E-state index is 13.2. The van der Waals surface area contributed by atoms with E-state index >= 15 is 0 Å². The lowest BCUT2D eigenvalue weighted by Crippen LogP contribution is -2.48. The van der Waals surface area contributed by atoms with Gasteiger partial charge in [-0.2, -0.15) is 5.26 Å². The first kappa shape index (κ1) is 21.1. The zero-order valence-corrected chi connectivity index (χ0v) is 18.2. The zero-order valence-electron chi connectivity index (χ0n) is 17.4. The van der Waals surface area contributed by atoms with E-state index in [2.05, 4.69) is 6.07 Å². The molecule has 0 spiro atoms. The topological polar surface area (TPSA) is 92.0 Å². The minimum Gasteiger partial charge on any atom is -0.497 e. The number of aliphatic hydroxyl groups is 1. The molecule has 0 saturated carbocycles. The summed E-state index contributed by atoms with van der Waals surface area (Å²) in [6.45, 7) is 0. The molecule has 160 valence electrons. The van der Waals surface area contributed by atoms with Crippen molar-refractivity contribution in [3.63, 3.8) is 0 Å². The Balaban J connectivity index is 1.77. The Morgan fingerprint density at radius 2 is 1.81 bits per heavy atom. The fourth-order valence-electron chi connectivity index (χ4n) is 4.05. The monoisotopic (exact) mass is 438 g/mol. The number of rotatable bonds is 5. The second-order valence-electron chi connectivity index (χ2n) is 7.26. The summed E-state index contributed by atoms with van der Waals surface area (Å²) >= 11 is 1.31. The molecule has 0 bridgehead atoms. The van der Waals surface area contributed by atoms with Crippen molar-refractivity contribution in [2.24, 2.45) is 0 Å². The van der Waals surface area contributed by atoms with Crippen LogP contribution in [0.5, 0.6) is 17.2 Å². The molecule has 0 aromatic heterocycles. The van der Waals surface area contributed by atoms with E-state index in [0.717, 1.165) is 5.56 Å². The molecule has 2 aromatic rings. The van der Waals surface area contributed by atoms with Crippen molar-refractivity contribution in [2.75, 3.05) is 27.1 Å². The van der Waals surface area contributed by atoms with Gasteiger partial charge < -0.3 is 19.3 Å². The molecule has 1 saturated heterocycles. The first-order valence-electron chi connectivity index (χ1n) is 9.65. The van der Waals surface area contributed by atoms with Crippen LogP contribution in [-0.4, -0.2) is 43.0 Å². The third kappa shape index (κ3) is 3.40. The van der Waals surface area contributed by atoms with Crippen LogP contribution in [0, 0.1) is 11.3 Å². The average Bonchev–Trinajstić information content (AvgIpc) is 3.17. The number of thioether (sulfide) groups is 1. The minimum atomic E-state index is -1.58. The largest absolute Gasteiger partial charge is 0.497 e. The fraction of sp³-hybridized carbons (Fsp3) is 0.304. The van der Waals surface area contributed by atoms with Gasteiger partial charge in [-0.1, -0.05) is 18.2 Å². The van der Waals surface area contributed by atoms with Gasteiger partial charge in [0.1, 0.15) is 5.75 Å². The maximum atomic E-state index is 13.2. The lowest BCUT2D eigenvalue weighted by atomic mass is 9.85. The molecular formula is C23H22N2O5S. The van der Waals surface area contributed by atoms with E-state index in [4.69, 9.17) is 14.2 Å². The molecule has 1 fully saturated rings. The number of methoxy groups -OCH3 is 3. The number of nitrogens with zero attached hydrogens (tertiary/aromatic N) is 2. The molecule has 0 radical (unpaired) electrons. The van der Waals surface area contributed by atoms with Crippen LogP contribution in [0.4, 0.5) is 0 Å². The van der Waals surface area contributed by atoms with Crippen LogP contribution >= 0.6 is 11.8 Å². The summed E-state index contributed by atoms with van der Waals surface area (Å²) < 4.78 is 15.8. The molecule has 2 atom stereocenters. The molecular weight excluding hydrogens is 416 g/mol. The van der Waals surface area contributed by atoms with Crippen LogP contribution in [-0.2, 0) is 10.5 Å². The first-order chi connectivity index (χ1) is 15.0. The molecule has 2 heterocycles. The van der Waals surface area contributed by atoms with Gasteiger partial charge in [0.25, 0.3) is 0 Å². The minimum absolute atomic E-state index is 0.0921. The highest BCUT2D eigenvalue weighted by atomic mass is 32.2. The highest BCUT2D eigenvalue weighted by Crippen LogP contribution is 2.52. The van der Waals surface area contributed by atoms with E-state index in [1.807, 2.05) is 24.3 Å². The Labute approximate surface area is 184 Å². The van der Waals surface area contributed by atoms with E-state index in [1.165, 1.54) is 30.9 Å². The van der Waals surface area contributed by atoms with Gasteiger partial charge in [0.2, 0.25) is 5.91 Å². The summed E-state index contributed by atoms with van der Waals surface area (Å²) in [7, 11) is 4.63. The van der Waals surface area contributed by atoms with E-state index in [1.54, 1.807) is 25.3 Å². The zero-order chi connectivity index (χ0) is 22.2. The smallest absolute Gasteiger partial charge is 0.231 e. The van der Waals surface area contributed by atoms with Gasteiger partial charge in [-0.05, 0) is 29.8 Å². The van der Waals surface area contributed by atoms with Crippen molar-refractivity contribution >= 4 is 17.7 Å². The summed E-state index contributed by atoms with van der Waals surface area (Å²) in [5.74, 6) is 1.29. The molecule has 7 nitrogen and oxygen atoms in total. The number of carbonyl (C=O) groups is 1. The lowest BCUT2D eigenvalue weighted by Gasteiger charge is -2.38. The number of hydrogen-bond donors (Lipinski definition) is 1. The maximum Gasteiger partial charge on any atom is 0.231 e. The predicted molar refractivity (Wildman–Crippen MR) is 116 cm³/mol. The number of amides is 1. The molecule has 4 rings (SSSR count). The second kappa shape index (κ2) is 8.17. The van der Waals surface area contributed by atoms with Gasteiger partial charge in [0, 0.05) is 17.9 Å². The molecule has 0 unspecified atom stereocenters. The number of fused-ring (bicyclic) bond motifs is 1. The van der Waals surface area contributed by atoms with Crippen molar-refractivity contribution < 1.29 is 24.1 Å². The lowest BCUT2D eigenvalue weighted by molar-refractivity contribution is -0.149. The highest BCUT2D eigenvalue weighted by Gasteiger charge is 2.52. The number of allylic oxidation sites excluding steroid dienone is 1. The van der Waals surface area contributed by atoms with Crippen molar-refractivity contribution in [3.05, 3.63) is 64.2 Å². The van der Waals surface area contributed by atoms with Gasteiger partial charge in [0.05, 0.1) is 43.8 Å². The Morgan fingerprint density at radius 3 is 2.42 bits per heavy atom. The van der Waals surface area contributed by atoms with E-state index in [-0.39, 0.29) is 24.0 Å². The van der Waals surface area contributed by atoms with Crippen LogP contribution in [0.15, 0.2) is 53.1 Å². The van der Waals surface area contributed by atoms with Crippen molar-refractivity contribution in [1.29, 1.82) is 5.26 Å². The molecule has 31 heavy (non-hydrogen) atoms. The molecule has 2 aliphatic heterocycles. The van der Waals surface area contributed by atoms with Gasteiger partial charge in [0.15, 0.2) is 17.2 Å². The SMILES string of the molecule is COc1ccc([C@H]2CC(=O)N3C(=C2C#N)SC[C@@]3(O)c2ccc(OC)c(OC)c2)cc1. The summed E-state index contributed by atoms with van der Waals surface area (Å²) in [5, 5.41) is 22.0. The summed E-state index contributed by atoms with van der Waals surface area (Å²) in [6.07, 6.45) is 0.0921. The normalized spacial score (nSPS) is 22.7. The van der Waals surface area contributed by atoms with Gasteiger partial charge in [-0.25, -0.2) is 0 Å². The standard InChI is InChI=1S/C23H22N2O5S/c1-28-16-7-4-14(5-8-16)17-11-21(26)25-22(18(17)12-24)31-13-23(25,27)15-6-9-19(29-2)20(10-15)30-3/h4-10,17,27H,11,13H2,1-3H3/t17-,23-/m1/s1. The molecule has 1 N–H and O–H groups in total. The molecule has 8 heteroatoms. The van der Waals surface area contributed by atoms with Crippen LogP contribution in [0.1, 0.15) is 23.5 Å². The van der Waals surface area contributed by atoms with E-state index in [0.29, 0.717) is 33.4 Å². The van der Waals surface area contributed by atoms with Gasteiger partial charge >= 0.3 is 0 Å².